The first kappa shape index (κ1) is 16.3. The van der Waals surface area contributed by atoms with Crippen LogP contribution in [0.25, 0.3) is 0 Å². The van der Waals surface area contributed by atoms with Gasteiger partial charge in [-0.2, -0.15) is 5.10 Å². The first-order valence-electron chi connectivity index (χ1n) is 7.04. The molecule has 1 aromatic rings. The van der Waals surface area contributed by atoms with Crippen molar-refractivity contribution < 1.29 is 22.7 Å². The molecule has 0 saturated carbocycles. The third kappa shape index (κ3) is 4.03. The van der Waals surface area contributed by atoms with Gasteiger partial charge in [0.1, 0.15) is 0 Å². The lowest BCUT2D eigenvalue weighted by Crippen LogP contribution is -2.21. The molecular weight excluding hydrogens is 388 g/mol. The summed E-state index contributed by atoms with van der Waals surface area (Å²) >= 11 is 3.38. The lowest BCUT2D eigenvalue weighted by Gasteiger charge is -2.05. The van der Waals surface area contributed by atoms with Crippen LogP contribution in [0.15, 0.2) is 21.7 Å². The number of hydrogen-bond acceptors (Lipinski definition) is 6. The van der Waals surface area contributed by atoms with Crippen molar-refractivity contribution in [3.63, 3.8) is 0 Å². The number of fused-ring (bicyclic) bond motifs is 1. The van der Waals surface area contributed by atoms with Gasteiger partial charge >= 0.3 is 0 Å². The number of benzene rings is 1. The van der Waals surface area contributed by atoms with Crippen LogP contribution in [-0.4, -0.2) is 38.8 Å². The first-order chi connectivity index (χ1) is 10.9. The Bertz CT molecular complexity index is 763. The third-order valence-electron chi connectivity index (χ3n) is 3.65. The second-order valence-corrected chi connectivity index (χ2v) is 8.59. The molecule has 2 heterocycles. The largest absolute Gasteiger partial charge is 0.454 e. The molecule has 23 heavy (non-hydrogen) atoms. The Balaban J connectivity index is 1.55. The summed E-state index contributed by atoms with van der Waals surface area (Å²) in [4.78, 5) is 11.8. The zero-order valence-electron chi connectivity index (χ0n) is 12.1. The number of carbonyl (C=O) groups is 1. The van der Waals surface area contributed by atoms with E-state index in [4.69, 9.17) is 9.47 Å². The molecule has 3 rings (SSSR count). The Morgan fingerprint density at radius 1 is 1.43 bits per heavy atom. The van der Waals surface area contributed by atoms with Crippen LogP contribution in [-0.2, 0) is 14.6 Å². The van der Waals surface area contributed by atoms with Gasteiger partial charge in [0.15, 0.2) is 21.3 Å². The number of ether oxygens (including phenoxy) is 2. The highest BCUT2D eigenvalue weighted by Crippen LogP contribution is 2.39. The van der Waals surface area contributed by atoms with Crippen molar-refractivity contribution in [1.82, 2.24) is 5.43 Å². The fourth-order valence-electron chi connectivity index (χ4n) is 2.58. The fraction of sp³-hybridized carbons (Fsp3) is 0.429. The summed E-state index contributed by atoms with van der Waals surface area (Å²) in [7, 11) is -2.96. The molecule has 0 unspecified atom stereocenters. The minimum Gasteiger partial charge on any atom is -0.454 e. The van der Waals surface area contributed by atoms with Crippen LogP contribution in [0.3, 0.4) is 0 Å². The summed E-state index contributed by atoms with van der Waals surface area (Å²) in [5.74, 6) is 1.11. The molecule has 9 heteroatoms. The molecule has 1 aromatic carbocycles. The average molecular weight is 403 g/mol. The van der Waals surface area contributed by atoms with E-state index >= 15 is 0 Å². The van der Waals surface area contributed by atoms with Gasteiger partial charge in [-0.15, -0.1) is 0 Å². The molecule has 2 aliphatic rings. The van der Waals surface area contributed by atoms with Crippen LogP contribution < -0.4 is 14.9 Å². The molecule has 0 aliphatic carbocycles. The normalized spacial score (nSPS) is 21.7. The molecule has 1 fully saturated rings. The number of amides is 1. The molecule has 7 nitrogen and oxygen atoms in total. The first-order valence-corrected chi connectivity index (χ1v) is 9.66. The van der Waals surface area contributed by atoms with Crippen molar-refractivity contribution in [3.05, 3.63) is 22.2 Å². The average Bonchev–Trinajstić information content (AvgIpc) is 3.05. The SMILES string of the molecule is O=C(C[C@@H]1CCS(=O)(=O)C1)N/N=C\c1cc(Br)c2c(c1)OCO2. The lowest BCUT2D eigenvalue weighted by molar-refractivity contribution is -0.121. The fourth-order valence-corrected chi connectivity index (χ4v) is 5.02. The Morgan fingerprint density at radius 2 is 2.26 bits per heavy atom. The van der Waals surface area contributed by atoms with Crippen LogP contribution in [0.5, 0.6) is 11.5 Å². The summed E-state index contributed by atoms with van der Waals surface area (Å²) in [6.07, 6.45) is 2.20. The maximum Gasteiger partial charge on any atom is 0.240 e. The van der Waals surface area contributed by atoms with Crippen molar-refractivity contribution in [2.75, 3.05) is 18.3 Å². The quantitative estimate of drug-likeness (QED) is 0.607. The number of nitrogens with zero attached hydrogens (tertiary/aromatic N) is 1. The van der Waals surface area contributed by atoms with Gasteiger partial charge in [0, 0.05) is 6.42 Å². The molecule has 0 aromatic heterocycles. The van der Waals surface area contributed by atoms with Crippen LogP contribution in [0.1, 0.15) is 18.4 Å². The summed E-state index contributed by atoms with van der Waals surface area (Å²) in [5, 5.41) is 3.90. The van der Waals surface area contributed by atoms with Gasteiger partial charge in [-0.3, -0.25) is 4.79 Å². The van der Waals surface area contributed by atoms with Gasteiger partial charge in [-0.05, 0) is 46.0 Å². The molecule has 1 N–H and O–H groups in total. The van der Waals surface area contributed by atoms with Crippen LogP contribution in [0.4, 0.5) is 0 Å². The highest BCUT2D eigenvalue weighted by Gasteiger charge is 2.29. The molecule has 0 bridgehead atoms. The molecule has 0 radical (unpaired) electrons. The highest BCUT2D eigenvalue weighted by atomic mass is 79.9. The Labute approximate surface area is 142 Å². The topological polar surface area (TPSA) is 94.1 Å². The minimum absolute atomic E-state index is 0.0826. The zero-order chi connectivity index (χ0) is 16.4. The van der Waals surface area contributed by atoms with E-state index in [-0.39, 0.29) is 36.5 Å². The minimum atomic E-state index is -2.96. The van der Waals surface area contributed by atoms with Crippen LogP contribution >= 0.6 is 15.9 Å². The monoisotopic (exact) mass is 402 g/mol. The van der Waals surface area contributed by atoms with E-state index in [1.54, 1.807) is 12.1 Å². The second-order valence-electron chi connectivity index (χ2n) is 5.50. The predicted molar refractivity (Wildman–Crippen MR) is 87.4 cm³/mol. The molecule has 124 valence electrons. The lowest BCUT2D eigenvalue weighted by atomic mass is 10.1. The third-order valence-corrected chi connectivity index (χ3v) is 6.08. The summed E-state index contributed by atoms with van der Waals surface area (Å²) in [6, 6.07) is 3.55. The van der Waals surface area contributed by atoms with Gasteiger partial charge in [0.05, 0.1) is 22.2 Å². The van der Waals surface area contributed by atoms with Gasteiger partial charge in [-0.1, -0.05) is 0 Å². The number of halogens is 1. The van der Waals surface area contributed by atoms with E-state index in [0.717, 1.165) is 10.0 Å². The number of sulfone groups is 1. The van der Waals surface area contributed by atoms with E-state index in [9.17, 15) is 13.2 Å². The van der Waals surface area contributed by atoms with Crippen molar-refractivity contribution >= 4 is 37.9 Å². The van der Waals surface area contributed by atoms with Crippen molar-refractivity contribution in [1.29, 1.82) is 0 Å². The molecule has 1 amide bonds. The number of rotatable bonds is 4. The maximum atomic E-state index is 11.8. The Morgan fingerprint density at radius 3 is 3.00 bits per heavy atom. The van der Waals surface area contributed by atoms with E-state index < -0.39 is 9.84 Å². The van der Waals surface area contributed by atoms with E-state index in [0.29, 0.717) is 17.9 Å². The zero-order valence-corrected chi connectivity index (χ0v) is 14.5. The van der Waals surface area contributed by atoms with Crippen molar-refractivity contribution in [2.45, 2.75) is 12.8 Å². The van der Waals surface area contributed by atoms with Gasteiger partial charge in [-0.25, -0.2) is 13.8 Å². The second kappa shape index (κ2) is 6.48. The number of hydrazone groups is 1. The maximum absolute atomic E-state index is 11.8. The predicted octanol–water partition coefficient (Wildman–Crippen LogP) is 1.45. The molecule has 2 aliphatic heterocycles. The standard InChI is InChI=1S/C14H15BrN2O5S/c15-11-3-10(4-12-14(11)22-8-21-12)6-16-17-13(18)5-9-1-2-23(19,20)7-9/h3-4,6,9H,1-2,5,7-8H2,(H,17,18)/b16-6-/t9-/m0/s1. The molecule has 1 atom stereocenters. The van der Waals surface area contributed by atoms with E-state index in [1.807, 2.05) is 0 Å². The van der Waals surface area contributed by atoms with Gasteiger partial charge in [0.25, 0.3) is 0 Å². The number of hydrogen-bond donors (Lipinski definition) is 1. The smallest absolute Gasteiger partial charge is 0.240 e. The summed E-state index contributed by atoms with van der Waals surface area (Å²) < 4.78 is 34.0. The van der Waals surface area contributed by atoms with Crippen LogP contribution in [0, 0.1) is 5.92 Å². The molecule has 0 spiro atoms. The summed E-state index contributed by atoms with van der Waals surface area (Å²) in [6.45, 7) is 0.176. The Kier molecular flexibility index (Phi) is 4.58. The van der Waals surface area contributed by atoms with E-state index in [2.05, 4.69) is 26.5 Å². The van der Waals surface area contributed by atoms with E-state index in [1.165, 1.54) is 6.21 Å². The highest BCUT2D eigenvalue weighted by molar-refractivity contribution is 9.10. The van der Waals surface area contributed by atoms with Crippen molar-refractivity contribution in [2.24, 2.45) is 11.0 Å². The Hall–Kier alpha value is -1.61. The van der Waals surface area contributed by atoms with Gasteiger partial charge < -0.3 is 9.47 Å². The summed E-state index contributed by atoms with van der Waals surface area (Å²) in [5.41, 5.74) is 3.16. The number of nitrogens with one attached hydrogen (secondary N) is 1. The molecule has 1 saturated heterocycles. The van der Waals surface area contributed by atoms with Gasteiger partial charge in [0.2, 0.25) is 12.7 Å². The van der Waals surface area contributed by atoms with Crippen LogP contribution in [0.2, 0.25) is 0 Å². The number of carbonyl (C=O) groups excluding carboxylic acids is 1. The molecular formula is C14H15BrN2O5S. The van der Waals surface area contributed by atoms with Crippen molar-refractivity contribution in [3.8, 4) is 11.5 Å².